The molecule has 0 saturated heterocycles. The van der Waals surface area contributed by atoms with E-state index < -0.39 is 18.0 Å². The van der Waals surface area contributed by atoms with E-state index in [4.69, 9.17) is 9.47 Å². The van der Waals surface area contributed by atoms with Gasteiger partial charge in [0.2, 0.25) is 0 Å². The van der Waals surface area contributed by atoms with Crippen LogP contribution >= 0.6 is 0 Å². The number of rotatable bonds is 13. The fourth-order valence-electron chi connectivity index (χ4n) is 3.37. The summed E-state index contributed by atoms with van der Waals surface area (Å²) >= 11 is 0. The van der Waals surface area contributed by atoms with E-state index in [0.717, 1.165) is 23.1 Å². The van der Waals surface area contributed by atoms with Gasteiger partial charge in [-0.25, -0.2) is 9.59 Å². The molecule has 0 aliphatic rings. The summed E-state index contributed by atoms with van der Waals surface area (Å²) in [5, 5.41) is 9.54. The Morgan fingerprint density at radius 2 is 1.41 bits per heavy atom. The maximum Gasteiger partial charge on any atom is 0.336 e. The van der Waals surface area contributed by atoms with Crippen molar-refractivity contribution in [2.45, 2.75) is 58.5 Å². The molecule has 182 valence electrons. The topological polar surface area (TPSA) is 72.8 Å². The minimum Gasteiger partial charge on any atom is -0.462 e. The van der Waals surface area contributed by atoms with E-state index in [-0.39, 0.29) is 24.7 Å². The lowest BCUT2D eigenvalue weighted by molar-refractivity contribution is -0.143. The van der Waals surface area contributed by atoms with Gasteiger partial charge >= 0.3 is 11.9 Å². The second-order valence-electron chi connectivity index (χ2n) is 8.65. The van der Waals surface area contributed by atoms with E-state index >= 15 is 0 Å². The van der Waals surface area contributed by atoms with Gasteiger partial charge in [-0.3, -0.25) is 0 Å². The van der Waals surface area contributed by atoms with Crippen LogP contribution in [0.3, 0.4) is 0 Å². The van der Waals surface area contributed by atoms with Gasteiger partial charge in [-0.15, -0.1) is 0 Å². The molecular formula is C29H36O5. The number of ether oxygens (including phenoxy) is 2. The number of hydrogen-bond acceptors (Lipinski definition) is 5. The molecule has 2 rings (SSSR count). The molecule has 5 heteroatoms. The van der Waals surface area contributed by atoms with Gasteiger partial charge < -0.3 is 14.6 Å². The van der Waals surface area contributed by atoms with Crippen LogP contribution in [0.25, 0.3) is 11.1 Å². The predicted octanol–water partition coefficient (Wildman–Crippen LogP) is 5.77. The van der Waals surface area contributed by atoms with Crippen molar-refractivity contribution < 1.29 is 24.2 Å². The van der Waals surface area contributed by atoms with Crippen LogP contribution in [0.1, 0.15) is 57.1 Å². The summed E-state index contributed by atoms with van der Waals surface area (Å²) in [5.41, 5.74) is 4.67. The maximum absolute atomic E-state index is 12.1. The van der Waals surface area contributed by atoms with E-state index in [1.807, 2.05) is 24.3 Å². The molecule has 0 heterocycles. The van der Waals surface area contributed by atoms with Crippen LogP contribution in [0.15, 0.2) is 72.8 Å². The van der Waals surface area contributed by atoms with Crippen LogP contribution in [-0.4, -0.2) is 36.4 Å². The molecular weight excluding hydrogens is 428 g/mol. The highest BCUT2D eigenvalue weighted by Gasteiger charge is 2.20. The number of carbonyl (C=O) groups is 2. The molecule has 5 nitrogen and oxygen atoms in total. The number of unbranched alkanes of at least 4 members (excludes halogenated alkanes) is 2. The van der Waals surface area contributed by atoms with Gasteiger partial charge in [0.05, 0.1) is 17.6 Å². The highest BCUT2D eigenvalue weighted by Crippen LogP contribution is 2.25. The van der Waals surface area contributed by atoms with Gasteiger partial charge in [-0.05, 0) is 48.9 Å². The van der Waals surface area contributed by atoms with Gasteiger partial charge in [0.1, 0.15) is 13.2 Å². The predicted molar refractivity (Wildman–Crippen MR) is 135 cm³/mol. The SMILES string of the molecule is C=C(C)C(=O)OCC(COC(=O)C(=C)C(C)O)c1ccc(-c2ccc(CCCCC)cc2)cc1. The minimum atomic E-state index is -0.996. The molecule has 0 spiro atoms. The van der Waals surface area contributed by atoms with Crippen LogP contribution in [0.2, 0.25) is 0 Å². The van der Waals surface area contributed by atoms with Crippen molar-refractivity contribution in [1.29, 1.82) is 0 Å². The average molecular weight is 465 g/mol. The molecule has 0 saturated carbocycles. The standard InChI is InChI=1S/C29H36O5/c1-6-7-8-9-23-10-12-24(13-11-23)25-14-16-26(17-15-25)27(18-33-28(31)20(2)3)19-34-29(32)21(4)22(5)30/h10-17,22,27,30H,2,4,6-9,18-19H2,1,3,5H3. The van der Waals surface area contributed by atoms with Crippen LogP contribution in [0, 0.1) is 0 Å². The van der Waals surface area contributed by atoms with Crippen molar-refractivity contribution in [2.24, 2.45) is 0 Å². The molecule has 0 amide bonds. The highest BCUT2D eigenvalue weighted by molar-refractivity contribution is 5.88. The number of aliphatic hydroxyl groups is 1. The smallest absolute Gasteiger partial charge is 0.336 e. The van der Waals surface area contributed by atoms with Crippen LogP contribution < -0.4 is 0 Å². The quantitative estimate of drug-likeness (QED) is 0.231. The summed E-state index contributed by atoms with van der Waals surface area (Å²) in [6, 6.07) is 16.5. The molecule has 0 aromatic heterocycles. The van der Waals surface area contributed by atoms with Crippen molar-refractivity contribution >= 4 is 11.9 Å². The third kappa shape index (κ3) is 8.31. The lowest BCUT2D eigenvalue weighted by Gasteiger charge is -2.19. The Hall–Kier alpha value is -3.18. The Morgan fingerprint density at radius 3 is 1.91 bits per heavy atom. The maximum atomic E-state index is 12.1. The lowest BCUT2D eigenvalue weighted by Crippen LogP contribution is -2.22. The number of benzene rings is 2. The zero-order valence-electron chi connectivity index (χ0n) is 20.5. The Balaban J connectivity index is 2.12. The molecule has 0 radical (unpaired) electrons. The van der Waals surface area contributed by atoms with E-state index in [0.29, 0.717) is 5.57 Å². The largest absolute Gasteiger partial charge is 0.462 e. The average Bonchev–Trinajstić information content (AvgIpc) is 2.83. The molecule has 0 aliphatic carbocycles. The molecule has 2 unspecified atom stereocenters. The van der Waals surface area contributed by atoms with Crippen molar-refractivity contribution in [1.82, 2.24) is 0 Å². The summed E-state index contributed by atoms with van der Waals surface area (Å²) in [6.45, 7) is 12.4. The van der Waals surface area contributed by atoms with Crippen molar-refractivity contribution in [2.75, 3.05) is 13.2 Å². The molecule has 1 N–H and O–H groups in total. The normalized spacial score (nSPS) is 12.5. The molecule has 2 atom stereocenters. The Bertz CT molecular complexity index is 971. The van der Waals surface area contributed by atoms with E-state index in [2.05, 4.69) is 44.3 Å². The number of carbonyl (C=O) groups excluding carboxylic acids is 2. The number of aryl methyl sites for hydroxylation is 1. The first kappa shape index (κ1) is 27.1. The highest BCUT2D eigenvalue weighted by atomic mass is 16.5. The van der Waals surface area contributed by atoms with Gasteiger partial charge in [0, 0.05) is 5.57 Å². The van der Waals surface area contributed by atoms with Gasteiger partial charge in [-0.2, -0.15) is 0 Å². The number of hydrogen-bond donors (Lipinski definition) is 1. The minimum absolute atomic E-state index is 0.0140. The second-order valence-corrected chi connectivity index (χ2v) is 8.65. The van der Waals surface area contributed by atoms with E-state index in [1.165, 1.54) is 31.7 Å². The Labute approximate surface area is 203 Å². The zero-order chi connectivity index (χ0) is 25.1. The molecule has 2 aromatic rings. The first-order valence-electron chi connectivity index (χ1n) is 11.8. The number of aliphatic hydroxyl groups excluding tert-OH is 1. The monoisotopic (exact) mass is 464 g/mol. The van der Waals surface area contributed by atoms with Gasteiger partial charge in [-0.1, -0.05) is 81.5 Å². The zero-order valence-corrected chi connectivity index (χ0v) is 20.5. The van der Waals surface area contributed by atoms with Crippen LogP contribution in [0.4, 0.5) is 0 Å². The molecule has 0 bridgehead atoms. The Kier molecular flexibility index (Phi) is 10.8. The van der Waals surface area contributed by atoms with Crippen LogP contribution in [0.5, 0.6) is 0 Å². The Morgan fingerprint density at radius 1 is 0.882 bits per heavy atom. The molecule has 34 heavy (non-hydrogen) atoms. The van der Waals surface area contributed by atoms with E-state index in [9.17, 15) is 14.7 Å². The summed E-state index contributed by atoms with van der Waals surface area (Å²) < 4.78 is 10.7. The third-order valence-corrected chi connectivity index (χ3v) is 5.68. The van der Waals surface area contributed by atoms with Crippen molar-refractivity contribution in [3.05, 3.63) is 84.0 Å². The fraction of sp³-hybridized carbons (Fsp3) is 0.379. The van der Waals surface area contributed by atoms with E-state index in [1.54, 1.807) is 6.92 Å². The van der Waals surface area contributed by atoms with Gasteiger partial charge in [0.25, 0.3) is 0 Å². The van der Waals surface area contributed by atoms with Crippen LogP contribution in [-0.2, 0) is 25.5 Å². The second kappa shape index (κ2) is 13.5. The van der Waals surface area contributed by atoms with Crippen molar-refractivity contribution in [3.63, 3.8) is 0 Å². The number of esters is 2. The first-order valence-corrected chi connectivity index (χ1v) is 11.8. The first-order chi connectivity index (χ1) is 16.2. The van der Waals surface area contributed by atoms with Crippen molar-refractivity contribution in [3.8, 4) is 11.1 Å². The molecule has 0 aliphatic heterocycles. The third-order valence-electron chi connectivity index (χ3n) is 5.68. The van der Waals surface area contributed by atoms with Gasteiger partial charge in [0.15, 0.2) is 0 Å². The summed E-state index contributed by atoms with van der Waals surface area (Å²) in [5.74, 6) is -1.55. The fourth-order valence-corrected chi connectivity index (χ4v) is 3.37. The summed E-state index contributed by atoms with van der Waals surface area (Å²) in [6.07, 6.45) is 3.76. The summed E-state index contributed by atoms with van der Waals surface area (Å²) in [7, 11) is 0. The molecule has 2 aromatic carbocycles. The lowest BCUT2D eigenvalue weighted by atomic mass is 9.96. The molecule has 0 fully saturated rings. The summed E-state index contributed by atoms with van der Waals surface area (Å²) in [4.78, 5) is 24.0.